The Hall–Kier alpha value is -1.10. The molecule has 0 aliphatic heterocycles. The van der Waals surface area contributed by atoms with E-state index in [1.807, 2.05) is 19.1 Å². The summed E-state index contributed by atoms with van der Waals surface area (Å²) in [6.07, 6.45) is 0.910. The molecule has 1 aromatic rings. The number of benzene rings is 1. The summed E-state index contributed by atoms with van der Waals surface area (Å²) in [5.41, 5.74) is 12.6. The van der Waals surface area contributed by atoms with E-state index in [-0.39, 0.29) is 6.04 Å². The Morgan fingerprint density at radius 2 is 1.83 bits per heavy atom. The number of nitrogens with two attached hydrogens (primary N) is 2. The first-order valence-electron chi connectivity index (χ1n) is 6.57. The number of nitrogens with one attached hydrogen (secondary N) is 1. The van der Waals surface area contributed by atoms with E-state index in [0.717, 1.165) is 12.2 Å². The Balaban J connectivity index is 2.53. The Kier molecular flexibility index (Phi) is 6.72. The molecule has 0 amide bonds. The molecule has 102 valence electrons. The molecule has 0 bridgehead atoms. The van der Waals surface area contributed by atoms with Crippen LogP contribution in [0.15, 0.2) is 24.3 Å². The van der Waals surface area contributed by atoms with Gasteiger partial charge in [0, 0.05) is 25.2 Å². The van der Waals surface area contributed by atoms with Crippen molar-refractivity contribution in [1.29, 1.82) is 0 Å². The van der Waals surface area contributed by atoms with Gasteiger partial charge in [0.1, 0.15) is 5.75 Å². The average molecular weight is 251 g/mol. The second-order valence-corrected chi connectivity index (χ2v) is 4.52. The normalized spacial score (nSPS) is 14.2. The Labute approximate surface area is 110 Å². The lowest BCUT2D eigenvalue weighted by Gasteiger charge is -2.21. The number of hydrogen-bond donors (Lipinski definition) is 3. The molecule has 0 spiro atoms. The van der Waals surface area contributed by atoms with Crippen molar-refractivity contribution in [3.8, 4) is 5.75 Å². The fourth-order valence-corrected chi connectivity index (χ4v) is 1.85. The molecule has 0 heterocycles. The summed E-state index contributed by atoms with van der Waals surface area (Å²) in [6.45, 7) is 5.98. The van der Waals surface area contributed by atoms with Gasteiger partial charge in [-0.15, -0.1) is 0 Å². The first-order chi connectivity index (χ1) is 8.69. The quantitative estimate of drug-likeness (QED) is 0.641. The van der Waals surface area contributed by atoms with Crippen LogP contribution in [0.2, 0.25) is 0 Å². The van der Waals surface area contributed by atoms with Crippen LogP contribution in [0.5, 0.6) is 5.75 Å². The van der Waals surface area contributed by atoms with Crippen LogP contribution in [0.25, 0.3) is 0 Å². The summed E-state index contributed by atoms with van der Waals surface area (Å²) in [5.74, 6) is 0.911. The predicted octanol–water partition coefficient (Wildman–Crippen LogP) is 0.892. The van der Waals surface area contributed by atoms with Crippen molar-refractivity contribution >= 4 is 0 Å². The summed E-state index contributed by atoms with van der Waals surface area (Å²) < 4.78 is 5.42. The third-order valence-corrected chi connectivity index (χ3v) is 2.87. The molecule has 5 N–H and O–H groups in total. The van der Waals surface area contributed by atoms with Crippen LogP contribution in [0.1, 0.15) is 19.4 Å². The van der Waals surface area contributed by atoms with Crippen molar-refractivity contribution in [2.45, 2.75) is 32.4 Å². The molecule has 0 radical (unpaired) electrons. The molecule has 0 fully saturated rings. The van der Waals surface area contributed by atoms with Crippen LogP contribution >= 0.6 is 0 Å². The average Bonchev–Trinajstić information content (AvgIpc) is 2.40. The molecule has 0 saturated carbocycles. The van der Waals surface area contributed by atoms with Gasteiger partial charge >= 0.3 is 0 Å². The van der Waals surface area contributed by atoms with Gasteiger partial charge in [-0.1, -0.05) is 12.1 Å². The highest BCUT2D eigenvalue weighted by molar-refractivity contribution is 5.27. The Morgan fingerprint density at radius 1 is 1.17 bits per heavy atom. The Bertz CT molecular complexity index is 326. The van der Waals surface area contributed by atoms with Gasteiger partial charge in [0.15, 0.2) is 0 Å². The largest absolute Gasteiger partial charge is 0.494 e. The van der Waals surface area contributed by atoms with Crippen LogP contribution in [0.4, 0.5) is 0 Å². The zero-order valence-electron chi connectivity index (χ0n) is 11.4. The van der Waals surface area contributed by atoms with E-state index in [1.165, 1.54) is 5.56 Å². The van der Waals surface area contributed by atoms with E-state index in [2.05, 4.69) is 24.4 Å². The van der Waals surface area contributed by atoms with Crippen molar-refractivity contribution in [2.75, 3.05) is 19.7 Å². The molecule has 18 heavy (non-hydrogen) atoms. The van der Waals surface area contributed by atoms with Crippen molar-refractivity contribution in [3.05, 3.63) is 29.8 Å². The minimum Gasteiger partial charge on any atom is -0.494 e. The number of hydrogen-bond acceptors (Lipinski definition) is 4. The third kappa shape index (κ3) is 5.04. The standard InChI is InChI=1S/C14H25N3O/c1-3-18-14-6-4-12(5-7-14)8-13(10-16)17-11(2)9-15/h4-7,11,13,17H,3,8-10,15-16H2,1-2H3/t11-,13-/m0/s1. The van der Waals surface area contributed by atoms with E-state index in [9.17, 15) is 0 Å². The second-order valence-electron chi connectivity index (χ2n) is 4.52. The van der Waals surface area contributed by atoms with Crippen molar-refractivity contribution in [2.24, 2.45) is 11.5 Å². The van der Waals surface area contributed by atoms with E-state index in [1.54, 1.807) is 0 Å². The summed E-state index contributed by atoms with van der Waals surface area (Å²) in [6, 6.07) is 8.73. The van der Waals surface area contributed by atoms with Gasteiger partial charge in [0.2, 0.25) is 0 Å². The van der Waals surface area contributed by atoms with E-state index in [0.29, 0.717) is 25.7 Å². The van der Waals surface area contributed by atoms with Crippen LogP contribution in [0, 0.1) is 0 Å². The molecular formula is C14H25N3O. The molecule has 0 saturated heterocycles. The first kappa shape index (κ1) is 15.0. The smallest absolute Gasteiger partial charge is 0.119 e. The second kappa shape index (κ2) is 8.08. The van der Waals surface area contributed by atoms with Gasteiger partial charge in [-0.25, -0.2) is 0 Å². The third-order valence-electron chi connectivity index (χ3n) is 2.87. The number of rotatable bonds is 8. The number of ether oxygens (including phenoxy) is 1. The zero-order chi connectivity index (χ0) is 13.4. The zero-order valence-corrected chi connectivity index (χ0v) is 11.4. The van der Waals surface area contributed by atoms with Crippen LogP contribution in [-0.4, -0.2) is 31.8 Å². The highest BCUT2D eigenvalue weighted by Gasteiger charge is 2.10. The van der Waals surface area contributed by atoms with Crippen LogP contribution in [-0.2, 0) is 6.42 Å². The van der Waals surface area contributed by atoms with Gasteiger partial charge in [-0.2, -0.15) is 0 Å². The van der Waals surface area contributed by atoms with Crippen molar-refractivity contribution in [3.63, 3.8) is 0 Å². The molecule has 0 aliphatic rings. The van der Waals surface area contributed by atoms with Crippen LogP contribution in [0.3, 0.4) is 0 Å². The van der Waals surface area contributed by atoms with E-state index < -0.39 is 0 Å². The lowest BCUT2D eigenvalue weighted by Crippen LogP contribution is -2.45. The lowest BCUT2D eigenvalue weighted by molar-refractivity contribution is 0.340. The molecular weight excluding hydrogens is 226 g/mol. The summed E-state index contributed by atoms with van der Waals surface area (Å²) in [5, 5.41) is 3.42. The van der Waals surface area contributed by atoms with Crippen LogP contribution < -0.4 is 21.5 Å². The van der Waals surface area contributed by atoms with Gasteiger partial charge < -0.3 is 21.5 Å². The SMILES string of the molecule is CCOc1ccc(C[C@@H](CN)N[C@@H](C)CN)cc1. The summed E-state index contributed by atoms with van der Waals surface area (Å²) in [7, 11) is 0. The van der Waals surface area contributed by atoms with Gasteiger partial charge in [-0.3, -0.25) is 0 Å². The molecule has 4 heteroatoms. The topological polar surface area (TPSA) is 73.3 Å². The molecule has 1 aromatic carbocycles. The predicted molar refractivity (Wildman–Crippen MR) is 75.8 cm³/mol. The minimum atomic E-state index is 0.265. The van der Waals surface area contributed by atoms with Crippen molar-refractivity contribution < 1.29 is 4.74 Å². The molecule has 0 aliphatic carbocycles. The first-order valence-corrected chi connectivity index (χ1v) is 6.57. The maximum absolute atomic E-state index is 5.77. The highest BCUT2D eigenvalue weighted by atomic mass is 16.5. The summed E-state index contributed by atoms with van der Waals surface area (Å²) >= 11 is 0. The molecule has 2 atom stereocenters. The molecule has 0 aromatic heterocycles. The maximum Gasteiger partial charge on any atom is 0.119 e. The van der Waals surface area contributed by atoms with E-state index >= 15 is 0 Å². The minimum absolute atomic E-state index is 0.265. The molecule has 4 nitrogen and oxygen atoms in total. The molecule has 1 rings (SSSR count). The van der Waals surface area contributed by atoms with Gasteiger partial charge in [0.05, 0.1) is 6.61 Å². The molecule has 0 unspecified atom stereocenters. The fraction of sp³-hybridized carbons (Fsp3) is 0.571. The van der Waals surface area contributed by atoms with Crippen molar-refractivity contribution in [1.82, 2.24) is 5.32 Å². The summed E-state index contributed by atoms with van der Waals surface area (Å²) in [4.78, 5) is 0. The lowest BCUT2D eigenvalue weighted by atomic mass is 10.0. The van der Waals surface area contributed by atoms with Gasteiger partial charge in [0.25, 0.3) is 0 Å². The monoisotopic (exact) mass is 251 g/mol. The maximum atomic E-state index is 5.77. The fourth-order valence-electron chi connectivity index (χ4n) is 1.85. The Morgan fingerprint density at radius 3 is 2.33 bits per heavy atom. The van der Waals surface area contributed by atoms with Gasteiger partial charge in [-0.05, 0) is 38.0 Å². The highest BCUT2D eigenvalue weighted by Crippen LogP contribution is 2.13. The van der Waals surface area contributed by atoms with E-state index in [4.69, 9.17) is 16.2 Å².